The highest BCUT2D eigenvalue weighted by Gasteiger charge is 2.53. The second kappa shape index (κ2) is 10.4. The molecule has 5 saturated carbocycles. The quantitative estimate of drug-likeness (QED) is 0.306. The van der Waals surface area contributed by atoms with Gasteiger partial charge in [0.25, 0.3) is 11.7 Å². The fourth-order valence-corrected chi connectivity index (χ4v) is 7.30. The van der Waals surface area contributed by atoms with E-state index in [4.69, 9.17) is 18.8 Å². The van der Waals surface area contributed by atoms with Gasteiger partial charge >= 0.3 is 5.97 Å². The van der Waals surface area contributed by atoms with E-state index in [0.717, 1.165) is 81.6 Å². The molecule has 41 heavy (non-hydrogen) atoms. The molecule has 3 aromatic rings. The Labute approximate surface area is 239 Å². The number of amides is 1. The molecule has 10 heteroatoms. The first kappa shape index (κ1) is 26.3. The Morgan fingerprint density at radius 3 is 2.41 bits per heavy atom. The minimum Gasteiger partial charge on any atom is -0.463 e. The van der Waals surface area contributed by atoms with Crippen LogP contribution in [0.1, 0.15) is 112 Å². The Bertz CT molecular complexity index is 1410. The first-order valence-corrected chi connectivity index (χ1v) is 15.2. The van der Waals surface area contributed by atoms with Crippen LogP contribution in [0.3, 0.4) is 0 Å². The van der Waals surface area contributed by atoms with E-state index in [2.05, 4.69) is 15.3 Å². The Morgan fingerprint density at radius 1 is 0.951 bits per heavy atom. The molecule has 5 aliphatic carbocycles. The predicted molar refractivity (Wildman–Crippen MR) is 148 cm³/mol. The summed E-state index contributed by atoms with van der Waals surface area (Å²) in [5, 5.41) is 8.07. The van der Waals surface area contributed by atoms with Crippen molar-refractivity contribution in [1.82, 2.24) is 20.3 Å². The van der Waals surface area contributed by atoms with Gasteiger partial charge in [-0.25, -0.2) is 4.79 Å². The summed E-state index contributed by atoms with van der Waals surface area (Å²) in [4.78, 5) is 37.1. The molecule has 5 aliphatic rings. The maximum atomic E-state index is 14.2. The third-order valence-corrected chi connectivity index (χ3v) is 10.2. The van der Waals surface area contributed by atoms with Crippen LogP contribution in [0.2, 0.25) is 0 Å². The number of nitrogens with zero attached hydrogens (tertiary/aromatic N) is 5. The summed E-state index contributed by atoms with van der Waals surface area (Å²) in [5.74, 6) is 1.92. The predicted octanol–water partition coefficient (Wildman–Crippen LogP) is 5.99. The number of methoxy groups -OCH3 is 1. The minimum absolute atomic E-state index is 0.0185. The maximum absolute atomic E-state index is 14.2. The summed E-state index contributed by atoms with van der Waals surface area (Å²) < 4.78 is 15.9. The Kier molecular flexibility index (Phi) is 6.66. The van der Waals surface area contributed by atoms with Crippen LogP contribution in [-0.2, 0) is 14.9 Å². The second-order valence-corrected chi connectivity index (χ2v) is 12.7. The van der Waals surface area contributed by atoms with E-state index in [1.165, 1.54) is 26.4 Å². The molecule has 2 heterocycles. The fourth-order valence-electron chi connectivity index (χ4n) is 7.30. The van der Waals surface area contributed by atoms with E-state index in [0.29, 0.717) is 18.0 Å². The number of ether oxygens (including phenoxy) is 1. The smallest absolute Gasteiger partial charge is 0.379 e. The lowest BCUT2D eigenvalue weighted by Gasteiger charge is -2.53. The number of hydrogen-bond acceptors (Lipinski definition) is 9. The number of carbonyl (C=O) groups is 2. The third-order valence-electron chi connectivity index (χ3n) is 10.2. The number of rotatable bonds is 8. The van der Waals surface area contributed by atoms with Gasteiger partial charge in [0.2, 0.25) is 11.8 Å². The normalized spacial score (nSPS) is 26.2. The Morgan fingerprint density at radius 2 is 1.71 bits per heavy atom. The van der Waals surface area contributed by atoms with Gasteiger partial charge in [0.05, 0.1) is 7.11 Å². The molecule has 0 unspecified atom stereocenters. The largest absolute Gasteiger partial charge is 0.463 e. The average Bonchev–Trinajstić information content (AvgIpc) is 3.54. The first-order valence-electron chi connectivity index (χ1n) is 15.2. The molecule has 216 valence electrons. The van der Waals surface area contributed by atoms with Crippen molar-refractivity contribution in [3.05, 3.63) is 41.8 Å². The number of aromatic nitrogens is 4. The molecule has 0 spiro atoms. The lowest BCUT2D eigenvalue weighted by atomic mass is 9.53. The lowest BCUT2D eigenvalue weighted by Crippen LogP contribution is -2.51. The molecule has 0 atom stereocenters. The van der Waals surface area contributed by atoms with E-state index in [1.807, 2.05) is 29.2 Å². The molecule has 2 bridgehead atoms. The van der Waals surface area contributed by atoms with Crippen LogP contribution in [0, 0.1) is 11.3 Å². The van der Waals surface area contributed by atoms with Gasteiger partial charge < -0.3 is 18.7 Å². The van der Waals surface area contributed by atoms with Crippen molar-refractivity contribution < 1.29 is 23.4 Å². The zero-order chi connectivity index (χ0) is 28.0. The van der Waals surface area contributed by atoms with Crippen molar-refractivity contribution in [1.29, 1.82) is 0 Å². The summed E-state index contributed by atoms with van der Waals surface area (Å²) in [7, 11) is 1.28. The highest BCUT2D eigenvalue weighted by molar-refractivity contribution is 5.95. The highest BCUT2D eigenvalue weighted by Crippen LogP contribution is 2.58. The number of anilines is 1. The number of hydrogen-bond donors (Lipinski definition) is 0. The van der Waals surface area contributed by atoms with E-state index >= 15 is 0 Å². The molecular weight excluding hydrogens is 522 g/mol. The van der Waals surface area contributed by atoms with Crippen molar-refractivity contribution >= 4 is 17.6 Å². The molecule has 2 aromatic heterocycles. The number of fused-ring (bicyclic) bond motifs is 3. The SMILES string of the molecule is COC(=O)c1noc(-c2cccc(N(CC34CCC(c5nc(C6CC6)no5)(CC3)CC4)C(=O)C3CCCCC3)c2)n1. The van der Waals surface area contributed by atoms with Gasteiger partial charge in [0, 0.05) is 35.0 Å². The van der Waals surface area contributed by atoms with Gasteiger partial charge in [0.1, 0.15) is 0 Å². The van der Waals surface area contributed by atoms with Gasteiger partial charge in [-0.1, -0.05) is 30.5 Å². The molecule has 8 rings (SSSR count). The number of esters is 1. The summed E-state index contributed by atoms with van der Waals surface area (Å²) in [6, 6.07) is 7.69. The van der Waals surface area contributed by atoms with Crippen molar-refractivity contribution in [2.24, 2.45) is 11.3 Å². The number of benzene rings is 1. The van der Waals surface area contributed by atoms with Crippen LogP contribution in [0.25, 0.3) is 11.5 Å². The van der Waals surface area contributed by atoms with Crippen LogP contribution in [0.5, 0.6) is 0 Å². The van der Waals surface area contributed by atoms with Gasteiger partial charge in [-0.3, -0.25) is 4.79 Å². The highest BCUT2D eigenvalue weighted by atomic mass is 16.5. The Hall–Kier alpha value is -3.56. The van der Waals surface area contributed by atoms with Crippen LogP contribution >= 0.6 is 0 Å². The topological polar surface area (TPSA) is 124 Å². The zero-order valence-corrected chi connectivity index (χ0v) is 23.6. The average molecular weight is 560 g/mol. The molecule has 0 N–H and O–H groups in total. The summed E-state index contributed by atoms with van der Waals surface area (Å²) in [6.07, 6.45) is 13.8. The van der Waals surface area contributed by atoms with Crippen LogP contribution in [0.15, 0.2) is 33.3 Å². The molecule has 1 aromatic carbocycles. The van der Waals surface area contributed by atoms with Gasteiger partial charge in [-0.2, -0.15) is 9.97 Å². The van der Waals surface area contributed by atoms with E-state index < -0.39 is 5.97 Å². The second-order valence-electron chi connectivity index (χ2n) is 12.7. The molecule has 10 nitrogen and oxygen atoms in total. The summed E-state index contributed by atoms with van der Waals surface area (Å²) in [5.41, 5.74) is 1.54. The summed E-state index contributed by atoms with van der Waals surface area (Å²) in [6.45, 7) is 0.691. The molecule has 1 amide bonds. The van der Waals surface area contributed by atoms with Crippen LogP contribution in [0.4, 0.5) is 5.69 Å². The van der Waals surface area contributed by atoms with Crippen molar-refractivity contribution in [2.45, 2.75) is 94.8 Å². The van der Waals surface area contributed by atoms with Crippen LogP contribution in [-0.4, -0.2) is 45.8 Å². The lowest BCUT2D eigenvalue weighted by molar-refractivity contribution is -0.124. The maximum Gasteiger partial charge on any atom is 0.379 e. The summed E-state index contributed by atoms with van der Waals surface area (Å²) >= 11 is 0. The van der Waals surface area contributed by atoms with Gasteiger partial charge in [0.15, 0.2) is 5.82 Å². The monoisotopic (exact) mass is 559 g/mol. The molecule has 5 fully saturated rings. The van der Waals surface area contributed by atoms with E-state index in [1.54, 1.807) is 0 Å². The molecule has 0 saturated heterocycles. The number of carbonyl (C=O) groups excluding carboxylic acids is 2. The zero-order valence-electron chi connectivity index (χ0n) is 23.6. The Balaban J connectivity index is 1.14. The van der Waals surface area contributed by atoms with E-state index in [-0.39, 0.29) is 34.4 Å². The fraction of sp³-hybridized carbons (Fsp3) is 0.613. The first-order chi connectivity index (χ1) is 20.0. The molecular formula is C31H37N5O5. The van der Waals surface area contributed by atoms with Gasteiger partial charge in [-0.15, -0.1) is 0 Å². The van der Waals surface area contributed by atoms with Crippen molar-refractivity contribution in [2.75, 3.05) is 18.6 Å². The standard InChI is InChI=1S/C31H37N5O5/c1-39-28(38)25-32-26(40-35-25)22-8-5-9-23(18-22)36(27(37)21-6-3-2-4-7-21)19-30-12-15-31(16-13-30,17-14-30)29-33-24(34-41-29)20-10-11-20/h5,8-9,18,20-21H,2-4,6-7,10-17,19H2,1H3. The van der Waals surface area contributed by atoms with Gasteiger partial charge in [-0.05, 0) is 93.0 Å². The van der Waals surface area contributed by atoms with Crippen molar-refractivity contribution in [3.8, 4) is 11.5 Å². The van der Waals surface area contributed by atoms with E-state index in [9.17, 15) is 9.59 Å². The molecule has 0 aliphatic heterocycles. The van der Waals surface area contributed by atoms with Crippen LogP contribution < -0.4 is 4.90 Å². The third kappa shape index (κ3) is 4.95. The minimum atomic E-state index is -0.653. The van der Waals surface area contributed by atoms with Crippen molar-refractivity contribution in [3.63, 3.8) is 0 Å². The molecule has 0 radical (unpaired) electrons.